The van der Waals surface area contributed by atoms with E-state index in [9.17, 15) is 4.79 Å². The van der Waals surface area contributed by atoms with Gasteiger partial charge in [-0.3, -0.25) is 4.79 Å². The monoisotopic (exact) mass is 340 g/mol. The fourth-order valence-electron chi connectivity index (χ4n) is 1.66. The molecule has 0 saturated carbocycles. The number of amides is 1. The van der Waals surface area contributed by atoms with Gasteiger partial charge in [-0.2, -0.15) is 0 Å². The van der Waals surface area contributed by atoms with Gasteiger partial charge in [-0.25, -0.2) is 0 Å². The quantitative estimate of drug-likeness (QED) is 0.639. The molecule has 21 heavy (non-hydrogen) atoms. The van der Waals surface area contributed by atoms with E-state index < -0.39 is 0 Å². The zero-order valence-electron chi connectivity index (χ0n) is 11.1. The van der Waals surface area contributed by atoms with E-state index in [-0.39, 0.29) is 11.7 Å². The summed E-state index contributed by atoms with van der Waals surface area (Å²) in [5, 5.41) is 4.07. The first-order valence-electron chi connectivity index (χ1n) is 6.24. The molecule has 0 aliphatic heterocycles. The molecule has 0 aliphatic carbocycles. The summed E-state index contributed by atoms with van der Waals surface area (Å²) in [6.45, 7) is 0.407. The average molecular weight is 341 g/mol. The van der Waals surface area contributed by atoms with Crippen LogP contribution in [-0.4, -0.2) is 11.7 Å². The molecule has 0 radical (unpaired) electrons. The van der Waals surface area contributed by atoms with Crippen LogP contribution in [0.15, 0.2) is 47.4 Å². The fourth-order valence-corrected chi connectivity index (χ4v) is 2.94. The molecule has 2 rings (SSSR count). The molecule has 3 N–H and O–H groups in total. The molecule has 6 heteroatoms. The highest BCUT2D eigenvalue weighted by atomic mass is 35.5. The van der Waals surface area contributed by atoms with Crippen LogP contribution in [0.4, 0.5) is 5.69 Å². The summed E-state index contributed by atoms with van der Waals surface area (Å²) >= 11 is 13.3. The first-order chi connectivity index (χ1) is 10.1. The van der Waals surface area contributed by atoms with Gasteiger partial charge in [0.15, 0.2) is 0 Å². The zero-order chi connectivity index (χ0) is 15.2. The van der Waals surface area contributed by atoms with E-state index in [1.54, 1.807) is 24.3 Å². The Bertz CT molecular complexity index is 649. The molecule has 0 bridgehead atoms. The second-order valence-electron chi connectivity index (χ2n) is 4.34. The standard InChI is InChI=1S/C15H14Cl2N2OS/c16-11-5-6-13(18)14(7-11)21-9-15(20)19-8-10-3-1-2-4-12(10)17/h1-7H,8-9,18H2,(H,19,20). The van der Waals surface area contributed by atoms with Crippen molar-refractivity contribution in [1.29, 1.82) is 0 Å². The number of nitrogens with one attached hydrogen (secondary N) is 1. The molecule has 0 aliphatic rings. The van der Waals surface area contributed by atoms with Crippen molar-refractivity contribution in [2.45, 2.75) is 11.4 Å². The van der Waals surface area contributed by atoms with Gasteiger partial charge in [0.25, 0.3) is 0 Å². The summed E-state index contributed by atoms with van der Waals surface area (Å²) in [4.78, 5) is 12.6. The highest BCUT2D eigenvalue weighted by Gasteiger charge is 2.07. The molecule has 0 unspecified atom stereocenters. The zero-order valence-corrected chi connectivity index (χ0v) is 13.4. The number of benzene rings is 2. The Labute approximate surface area is 137 Å². The maximum absolute atomic E-state index is 11.8. The highest BCUT2D eigenvalue weighted by molar-refractivity contribution is 8.00. The van der Waals surface area contributed by atoms with Crippen LogP contribution < -0.4 is 11.1 Å². The number of carbonyl (C=O) groups excluding carboxylic acids is 1. The average Bonchev–Trinajstić information content (AvgIpc) is 2.47. The number of hydrogen-bond acceptors (Lipinski definition) is 3. The Morgan fingerprint density at radius 1 is 1.19 bits per heavy atom. The second-order valence-corrected chi connectivity index (χ2v) is 6.20. The third kappa shape index (κ3) is 4.84. The van der Waals surface area contributed by atoms with Gasteiger partial charge in [-0.1, -0.05) is 41.4 Å². The first kappa shape index (κ1) is 16.0. The van der Waals surface area contributed by atoms with Gasteiger partial charge < -0.3 is 11.1 Å². The van der Waals surface area contributed by atoms with Crippen LogP contribution in [0.25, 0.3) is 0 Å². The Balaban J connectivity index is 1.85. The van der Waals surface area contributed by atoms with Crippen LogP contribution in [0, 0.1) is 0 Å². The van der Waals surface area contributed by atoms with Crippen LogP contribution in [0.2, 0.25) is 10.0 Å². The van der Waals surface area contributed by atoms with Crippen molar-refractivity contribution >= 4 is 46.6 Å². The molecule has 110 valence electrons. The van der Waals surface area contributed by atoms with Crippen LogP contribution in [0.3, 0.4) is 0 Å². The number of nitrogens with two attached hydrogens (primary N) is 1. The van der Waals surface area contributed by atoms with Gasteiger partial charge >= 0.3 is 0 Å². The fraction of sp³-hybridized carbons (Fsp3) is 0.133. The van der Waals surface area contributed by atoms with Gasteiger partial charge in [0.2, 0.25) is 5.91 Å². The number of rotatable bonds is 5. The summed E-state index contributed by atoms with van der Waals surface area (Å²) in [5.74, 6) is 0.189. The van der Waals surface area contributed by atoms with Gasteiger partial charge in [-0.05, 0) is 29.8 Å². The van der Waals surface area contributed by atoms with Crippen molar-refractivity contribution in [3.63, 3.8) is 0 Å². The Hall–Kier alpha value is -1.36. The number of halogens is 2. The van der Waals surface area contributed by atoms with Crippen molar-refractivity contribution in [3.8, 4) is 0 Å². The Morgan fingerprint density at radius 3 is 2.71 bits per heavy atom. The molecule has 0 aromatic heterocycles. The van der Waals surface area contributed by atoms with Gasteiger partial charge in [0.1, 0.15) is 0 Å². The topological polar surface area (TPSA) is 55.1 Å². The van der Waals surface area contributed by atoms with Crippen molar-refractivity contribution < 1.29 is 4.79 Å². The van der Waals surface area contributed by atoms with Crippen molar-refractivity contribution in [2.24, 2.45) is 0 Å². The third-order valence-corrected chi connectivity index (χ3v) is 4.44. The van der Waals surface area contributed by atoms with Crippen LogP contribution in [0.5, 0.6) is 0 Å². The van der Waals surface area contributed by atoms with E-state index in [0.717, 1.165) is 10.5 Å². The first-order valence-corrected chi connectivity index (χ1v) is 7.98. The predicted octanol–water partition coefficient (Wildman–Crippen LogP) is 3.98. The maximum atomic E-state index is 11.8. The summed E-state index contributed by atoms with van der Waals surface area (Å²) in [6.07, 6.45) is 0. The Morgan fingerprint density at radius 2 is 1.95 bits per heavy atom. The minimum Gasteiger partial charge on any atom is -0.398 e. The van der Waals surface area contributed by atoms with E-state index in [4.69, 9.17) is 28.9 Å². The minimum atomic E-state index is -0.0840. The molecule has 0 atom stereocenters. The molecule has 1 amide bonds. The summed E-state index contributed by atoms with van der Waals surface area (Å²) in [6, 6.07) is 12.6. The number of carbonyl (C=O) groups is 1. The minimum absolute atomic E-state index is 0.0840. The van der Waals surface area contributed by atoms with E-state index in [2.05, 4.69) is 5.32 Å². The van der Waals surface area contributed by atoms with E-state index in [1.165, 1.54) is 11.8 Å². The molecule has 2 aromatic rings. The number of anilines is 1. The van der Waals surface area contributed by atoms with Gasteiger partial charge in [0, 0.05) is 27.2 Å². The third-order valence-electron chi connectivity index (χ3n) is 2.77. The lowest BCUT2D eigenvalue weighted by atomic mass is 10.2. The smallest absolute Gasteiger partial charge is 0.230 e. The summed E-state index contributed by atoms with van der Waals surface area (Å²) in [5.41, 5.74) is 7.33. The lowest BCUT2D eigenvalue weighted by molar-refractivity contribution is -0.118. The van der Waals surface area contributed by atoms with E-state index >= 15 is 0 Å². The van der Waals surface area contributed by atoms with Crippen LogP contribution >= 0.6 is 35.0 Å². The molecular weight excluding hydrogens is 327 g/mol. The highest BCUT2D eigenvalue weighted by Crippen LogP contribution is 2.27. The number of nitrogen functional groups attached to an aromatic ring is 1. The van der Waals surface area contributed by atoms with Crippen LogP contribution in [0.1, 0.15) is 5.56 Å². The van der Waals surface area contributed by atoms with Crippen molar-refractivity contribution in [2.75, 3.05) is 11.5 Å². The van der Waals surface area contributed by atoms with Gasteiger partial charge in [-0.15, -0.1) is 11.8 Å². The molecule has 3 nitrogen and oxygen atoms in total. The summed E-state index contributed by atoms with van der Waals surface area (Å²) in [7, 11) is 0. The number of hydrogen-bond donors (Lipinski definition) is 2. The van der Waals surface area contributed by atoms with Gasteiger partial charge in [0.05, 0.1) is 5.75 Å². The normalized spacial score (nSPS) is 10.4. The molecule has 0 heterocycles. The van der Waals surface area contributed by atoms with E-state index in [0.29, 0.717) is 22.3 Å². The van der Waals surface area contributed by atoms with E-state index in [1.807, 2.05) is 18.2 Å². The second kappa shape index (κ2) is 7.59. The van der Waals surface area contributed by atoms with Crippen molar-refractivity contribution in [1.82, 2.24) is 5.32 Å². The lowest BCUT2D eigenvalue weighted by Gasteiger charge is -2.08. The molecule has 2 aromatic carbocycles. The van der Waals surface area contributed by atoms with Crippen LogP contribution in [-0.2, 0) is 11.3 Å². The Kier molecular flexibility index (Phi) is 5.79. The molecular formula is C15H14Cl2N2OS. The largest absolute Gasteiger partial charge is 0.398 e. The molecule has 0 spiro atoms. The predicted molar refractivity (Wildman–Crippen MR) is 89.9 cm³/mol. The molecule has 0 saturated heterocycles. The van der Waals surface area contributed by atoms with Crippen molar-refractivity contribution in [3.05, 3.63) is 58.1 Å². The maximum Gasteiger partial charge on any atom is 0.230 e. The summed E-state index contributed by atoms with van der Waals surface area (Å²) < 4.78 is 0. The molecule has 0 fully saturated rings. The lowest BCUT2D eigenvalue weighted by Crippen LogP contribution is -2.24. The SMILES string of the molecule is Nc1ccc(Cl)cc1SCC(=O)NCc1ccccc1Cl. The number of thioether (sulfide) groups is 1.